The van der Waals surface area contributed by atoms with Gasteiger partial charge in [-0.25, -0.2) is 22.5 Å². The maximum Gasteiger partial charge on any atom is 0.206 e. The number of anilines is 1. The number of imidazole rings is 1. The number of hydrogen-bond donors (Lipinski definition) is 1. The van der Waals surface area contributed by atoms with Gasteiger partial charge in [-0.2, -0.15) is 0 Å². The highest BCUT2D eigenvalue weighted by Crippen LogP contribution is 2.29. The van der Waals surface area contributed by atoms with Crippen molar-refractivity contribution < 1.29 is 17.6 Å². The third-order valence-corrected chi connectivity index (χ3v) is 3.23. The smallest absolute Gasteiger partial charge is 0.206 e. The van der Waals surface area contributed by atoms with Gasteiger partial charge in [0.2, 0.25) is 5.95 Å². The second-order valence-electron chi connectivity index (χ2n) is 4.28. The summed E-state index contributed by atoms with van der Waals surface area (Å²) in [7, 11) is 0. The summed E-state index contributed by atoms with van der Waals surface area (Å²) in [6.07, 6.45) is 0. The first-order valence-corrected chi connectivity index (χ1v) is 6.04. The number of fused-ring (bicyclic) bond motifs is 1. The maximum atomic E-state index is 13.9. The number of halogens is 5. The van der Waals surface area contributed by atoms with Crippen LogP contribution in [0, 0.1) is 23.3 Å². The number of aromatic nitrogens is 2. The van der Waals surface area contributed by atoms with E-state index in [0.29, 0.717) is 6.07 Å². The van der Waals surface area contributed by atoms with Crippen LogP contribution in [0.1, 0.15) is 0 Å². The molecule has 3 aromatic rings. The molecule has 0 bridgehead atoms. The van der Waals surface area contributed by atoms with Gasteiger partial charge in [-0.15, -0.1) is 0 Å². The van der Waals surface area contributed by atoms with E-state index in [4.69, 9.17) is 17.3 Å². The van der Waals surface area contributed by atoms with Crippen molar-refractivity contribution in [3.05, 3.63) is 52.6 Å². The summed E-state index contributed by atoms with van der Waals surface area (Å²) in [5.41, 5.74) is 5.36. The molecule has 2 N–H and O–H groups in total. The summed E-state index contributed by atoms with van der Waals surface area (Å²) in [4.78, 5) is 3.82. The van der Waals surface area contributed by atoms with Gasteiger partial charge in [0.15, 0.2) is 11.6 Å². The zero-order valence-corrected chi connectivity index (χ0v) is 10.9. The number of benzene rings is 2. The van der Waals surface area contributed by atoms with Crippen molar-refractivity contribution in [2.75, 3.05) is 5.73 Å². The molecule has 0 aliphatic carbocycles. The Kier molecular flexibility index (Phi) is 3.02. The zero-order valence-electron chi connectivity index (χ0n) is 10.2. The van der Waals surface area contributed by atoms with E-state index in [-0.39, 0.29) is 22.0 Å². The quantitative estimate of drug-likeness (QED) is 0.548. The summed E-state index contributed by atoms with van der Waals surface area (Å²) in [5.74, 6) is -4.66. The molecule has 0 saturated heterocycles. The summed E-state index contributed by atoms with van der Waals surface area (Å²) >= 11 is 5.66. The van der Waals surface area contributed by atoms with Crippen LogP contribution < -0.4 is 5.73 Å². The Morgan fingerprint density at radius 2 is 1.71 bits per heavy atom. The monoisotopic (exact) mass is 315 g/mol. The average molecular weight is 316 g/mol. The number of nitrogens with zero attached hydrogens (tertiary/aromatic N) is 2. The molecule has 3 rings (SSSR count). The van der Waals surface area contributed by atoms with Crippen LogP contribution in [-0.4, -0.2) is 9.55 Å². The Bertz CT molecular complexity index is 876. The molecule has 1 heterocycles. The van der Waals surface area contributed by atoms with Gasteiger partial charge >= 0.3 is 0 Å². The third-order valence-electron chi connectivity index (χ3n) is 2.94. The summed E-state index contributed by atoms with van der Waals surface area (Å²) < 4.78 is 54.9. The number of rotatable bonds is 1. The minimum absolute atomic E-state index is 0.0819. The minimum atomic E-state index is -1.38. The van der Waals surface area contributed by atoms with E-state index >= 15 is 0 Å². The van der Waals surface area contributed by atoms with Gasteiger partial charge in [0.05, 0.1) is 21.7 Å². The highest BCUT2D eigenvalue weighted by molar-refractivity contribution is 6.31. The van der Waals surface area contributed by atoms with Crippen LogP contribution in [0.25, 0.3) is 16.7 Å². The topological polar surface area (TPSA) is 43.8 Å². The molecule has 0 aliphatic rings. The molecule has 3 nitrogen and oxygen atoms in total. The van der Waals surface area contributed by atoms with Crippen molar-refractivity contribution in [2.45, 2.75) is 0 Å². The van der Waals surface area contributed by atoms with Gasteiger partial charge in [-0.3, -0.25) is 4.57 Å². The molecule has 1 aromatic heterocycles. The number of hydrogen-bond acceptors (Lipinski definition) is 2. The van der Waals surface area contributed by atoms with Crippen LogP contribution in [0.3, 0.4) is 0 Å². The minimum Gasteiger partial charge on any atom is -0.369 e. The fraction of sp³-hybridized carbons (Fsp3) is 0. The van der Waals surface area contributed by atoms with Crippen molar-refractivity contribution in [3.63, 3.8) is 0 Å². The van der Waals surface area contributed by atoms with Gasteiger partial charge in [0.25, 0.3) is 0 Å². The molecule has 108 valence electrons. The number of nitrogen functional groups attached to an aromatic ring is 1. The molecule has 8 heteroatoms. The van der Waals surface area contributed by atoms with Crippen molar-refractivity contribution in [1.82, 2.24) is 9.55 Å². The van der Waals surface area contributed by atoms with E-state index in [9.17, 15) is 17.6 Å². The zero-order chi connectivity index (χ0) is 15.3. The molecular weight excluding hydrogens is 310 g/mol. The van der Waals surface area contributed by atoms with Crippen molar-refractivity contribution in [3.8, 4) is 5.69 Å². The molecule has 0 atom stereocenters. The highest BCUT2D eigenvalue weighted by atomic mass is 35.5. The molecular formula is C13H6ClF4N3. The van der Waals surface area contributed by atoms with Gasteiger partial charge in [0, 0.05) is 18.2 Å². The predicted molar refractivity (Wildman–Crippen MR) is 70.3 cm³/mol. The predicted octanol–water partition coefficient (Wildman–Crippen LogP) is 3.82. The van der Waals surface area contributed by atoms with E-state index in [0.717, 1.165) is 22.8 Å². The van der Waals surface area contributed by atoms with Gasteiger partial charge in [0.1, 0.15) is 11.6 Å². The lowest BCUT2D eigenvalue weighted by Crippen LogP contribution is -2.05. The largest absolute Gasteiger partial charge is 0.369 e. The summed E-state index contributed by atoms with van der Waals surface area (Å²) in [6, 6.07) is 3.31. The fourth-order valence-electron chi connectivity index (χ4n) is 2.05. The van der Waals surface area contributed by atoms with Crippen LogP contribution in [0.15, 0.2) is 24.3 Å². The molecule has 0 radical (unpaired) electrons. The van der Waals surface area contributed by atoms with Crippen LogP contribution in [0.2, 0.25) is 5.02 Å². The fourth-order valence-corrected chi connectivity index (χ4v) is 2.21. The normalized spacial score (nSPS) is 11.3. The number of nitrogens with two attached hydrogens (primary N) is 1. The molecule has 0 fully saturated rings. The lowest BCUT2D eigenvalue weighted by molar-refractivity contribution is 0.491. The van der Waals surface area contributed by atoms with E-state index in [1.807, 2.05) is 0 Å². The van der Waals surface area contributed by atoms with Crippen LogP contribution in [-0.2, 0) is 0 Å². The van der Waals surface area contributed by atoms with Crippen LogP contribution in [0.5, 0.6) is 0 Å². The van der Waals surface area contributed by atoms with E-state index in [2.05, 4.69) is 4.98 Å². The van der Waals surface area contributed by atoms with Crippen molar-refractivity contribution in [1.29, 1.82) is 0 Å². The first kappa shape index (κ1) is 13.7. The Hall–Kier alpha value is -2.28. The molecule has 0 aliphatic heterocycles. The third kappa shape index (κ3) is 2.09. The Balaban J connectivity index is 2.40. The maximum absolute atomic E-state index is 13.9. The van der Waals surface area contributed by atoms with E-state index in [1.54, 1.807) is 0 Å². The second-order valence-corrected chi connectivity index (χ2v) is 4.69. The van der Waals surface area contributed by atoms with Crippen molar-refractivity contribution >= 4 is 28.6 Å². The molecule has 0 amide bonds. The Morgan fingerprint density at radius 3 is 2.43 bits per heavy atom. The van der Waals surface area contributed by atoms with Crippen LogP contribution >= 0.6 is 11.6 Å². The molecule has 21 heavy (non-hydrogen) atoms. The van der Waals surface area contributed by atoms with Gasteiger partial charge < -0.3 is 5.73 Å². The summed E-state index contributed by atoms with van der Waals surface area (Å²) in [6.45, 7) is 0. The standard InChI is InChI=1S/C13H6ClF4N3/c14-6-3-10-9(4-7(6)16)20-13(19)21(10)11-2-5(15)1-8(17)12(11)18/h1-4H,(H2,19,20). The van der Waals surface area contributed by atoms with Crippen LogP contribution in [0.4, 0.5) is 23.5 Å². The second kappa shape index (κ2) is 4.63. The molecule has 2 aromatic carbocycles. The van der Waals surface area contributed by atoms with Crippen molar-refractivity contribution in [2.24, 2.45) is 0 Å². The SMILES string of the molecule is Nc1nc2cc(F)c(Cl)cc2n1-c1cc(F)cc(F)c1F. The van der Waals surface area contributed by atoms with Gasteiger partial charge in [-0.1, -0.05) is 11.6 Å². The lowest BCUT2D eigenvalue weighted by atomic mass is 10.2. The Labute approximate surface area is 120 Å². The molecule has 0 spiro atoms. The van der Waals surface area contributed by atoms with E-state index in [1.165, 1.54) is 0 Å². The van der Waals surface area contributed by atoms with Gasteiger partial charge in [-0.05, 0) is 6.07 Å². The average Bonchev–Trinajstić information content (AvgIpc) is 2.70. The molecule has 0 unspecified atom stereocenters. The van der Waals surface area contributed by atoms with E-state index < -0.39 is 29.0 Å². The highest BCUT2D eigenvalue weighted by Gasteiger charge is 2.19. The summed E-state index contributed by atoms with van der Waals surface area (Å²) in [5, 5.41) is -0.249. The first-order chi connectivity index (χ1) is 9.88. The first-order valence-electron chi connectivity index (χ1n) is 5.66. The Morgan fingerprint density at radius 1 is 1.00 bits per heavy atom. The lowest BCUT2D eigenvalue weighted by Gasteiger charge is -2.09. The molecule has 0 saturated carbocycles.